The van der Waals surface area contributed by atoms with Crippen molar-refractivity contribution in [3.63, 3.8) is 0 Å². The van der Waals surface area contributed by atoms with Crippen LogP contribution >= 0.6 is 0 Å². The predicted octanol–water partition coefficient (Wildman–Crippen LogP) is 3.09. The molecule has 0 aliphatic rings. The summed E-state index contributed by atoms with van der Waals surface area (Å²) in [5.74, 6) is 0. The third kappa shape index (κ3) is 2.96. The van der Waals surface area contributed by atoms with E-state index in [2.05, 4.69) is 11.3 Å². The zero-order valence-corrected chi connectivity index (χ0v) is 13.9. The number of hydrogen-bond donors (Lipinski definition) is 1. The maximum absolute atomic E-state index is 12.3. The third-order valence-electron chi connectivity index (χ3n) is 3.74. The van der Waals surface area contributed by atoms with Gasteiger partial charge in [0, 0.05) is 35.3 Å². The molecule has 5 nitrogen and oxygen atoms in total. The molecule has 0 bridgehead atoms. The number of nitrogens with one attached hydrogen (secondary N) is 1. The summed E-state index contributed by atoms with van der Waals surface area (Å²) in [5.41, 5.74) is 2.03. The first-order valence-corrected chi connectivity index (χ1v) is 8.80. The largest absolute Gasteiger partial charge is 0.317 e. The molecule has 122 valence electrons. The lowest BCUT2D eigenvalue weighted by Gasteiger charge is -2.11. The highest BCUT2D eigenvalue weighted by molar-refractivity contribution is 7.95. The van der Waals surface area contributed by atoms with Crippen LogP contribution < -0.4 is 10.3 Å². The van der Waals surface area contributed by atoms with Gasteiger partial charge in [0.15, 0.2) is 0 Å². The van der Waals surface area contributed by atoms with Crippen LogP contribution in [0.15, 0.2) is 71.5 Å². The van der Waals surface area contributed by atoms with E-state index in [1.54, 1.807) is 37.5 Å². The summed E-state index contributed by atoms with van der Waals surface area (Å²) >= 11 is 0. The number of nitrogens with zero attached hydrogens (tertiary/aromatic N) is 1. The number of anilines is 1. The molecular weight excluding hydrogens is 324 g/mol. The van der Waals surface area contributed by atoms with E-state index in [9.17, 15) is 13.2 Å². The van der Waals surface area contributed by atoms with Gasteiger partial charge in [-0.05, 0) is 29.1 Å². The number of fused-ring (bicyclic) bond motifs is 1. The molecule has 3 rings (SSSR count). The number of aromatic nitrogens is 1. The SMILES string of the molecule is C=CS(=O)(=O)Nc1cccc(-c2cn(C)c(=O)c3ccccc23)c1. The van der Waals surface area contributed by atoms with E-state index < -0.39 is 10.0 Å². The van der Waals surface area contributed by atoms with Gasteiger partial charge in [0.05, 0.1) is 0 Å². The molecule has 0 aliphatic carbocycles. The summed E-state index contributed by atoms with van der Waals surface area (Å²) in [5, 5.41) is 2.31. The van der Waals surface area contributed by atoms with E-state index in [0.29, 0.717) is 11.1 Å². The summed E-state index contributed by atoms with van der Waals surface area (Å²) in [6.45, 7) is 3.28. The van der Waals surface area contributed by atoms with Crippen LogP contribution in [0.1, 0.15) is 0 Å². The van der Waals surface area contributed by atoms with Gasteiger partial charge >= 0.3 is 0 Å². The molecule has 6 heteroatoms. The fraction of sp³-hybridized carbons (Fsp3) is 0.0556. The lowest BCUT2D eigenvalue weighted by Crippen LogP contribution is -2.16. The van der Waals surface area contributed by atoms with Gasteiger partial charge in [-0.3, -0.25) is 9.52 Å². The second kappa shape index (κ2) is 5.98. The van der Waals surface area contributed by atoms with Crippen molar-refractivity contribution in [3.8, 4) is 11.1 Å². The van der Waals surface area contributed by atoms with Gasteiger partial charge in [0.25, 0.3) is 15.6 Å². The Hall–Kier alpha value is -2.86. The Balaban J connectivity index is 2.20. The van der Waals surface area contributed by atoms with Crippen molar-refractivity contribution in [2.75, 3.05) is 4.72 Å². The molecule has 0 unspecified atom stereocenters. The number of sulfonamides is 1. The Morgan fingerprint density at radius 1 is 1.08 bits per heavy atom. The van der Waals surface area contributed by atoms with Gasteiger partial charge in [-0.25, -0.2) is 8.42 Å². The van der Waals surface area contributed by atoms with Crippen molar-refractivity contribution in [3.05, 3.63) is 77.1 Å². The van der Waals surface area contributed by atoms with E-state index in [4.69, 9.17) is 0 Å². The topological polar surface area (TPSA) is 68.2 Å². The van der Waals surface area contributed by atoms with E-state index >= 15 is 0 Å². The Labute approximate surface area is 139 Å². The van der Waals surface area contributed by atoms with Crippen LogP contribution in [0, 0.1) is 0 Å². The summed E-state index contributed by atoms with van der Waals surface area (Å²) in [6.07, 6.45) is 1.76. The number of pyridine rings is 1. The zero-order valence-electron chi connectivity index (χ0n) is 13.1. The van der Waals surface area contributed by atoms with E-state index in [-0.39, 0.29) is 5.56 Å². The summed E-state index contributed by atoms with van der Waals surface area (Å²) in [7, 11) is -1.87. The maximum Gasteiger partial charge on any atom is 0.258 e. The van der Waals surface area contributed by atoms with Crippen LogP contribution in [0.2, 0.25) is 0 Å². The minimum Gasteiger partial charge on any atom is -0.317 e. The summed E-state index contributed by atoms with van der Waals surface area (Å²) < 4.78 is 27.3. The zero-order chi connectivity index (χ0) is 17.3. The fourth-order valence-corrected chi connectivity index (χ4v) is 3.14. The molecule has 24 heavy (non-hydrogen) atoms. The van der Waals surface area contributed by atoms with E-state index in [0.717, 1.165) is 21.9 Å². The van der Waals surface area contributed by atoms with Gasteiger partial charge in [-0.15, -0.1) is 0 Å². The highest BCUT2D eigenvalue weighted by atomic mass is 32.2. The molecule has 1 N–H and O–H groups in total. The average Bonchev–Trinajstić information content (AvgIpc) is 2.58. The van der Waals surface area contributed by atoms with Crippen molar-refractivity contribution in [2.24, 2.45) is 7.05 Å². The monoisotopic (exact) mass is 340 g/mol. The Morgan fingerprint density at radius 3 is 2.50 bits per heavy atom. The van der Waals surface area contributed by atoms with Crippen LogP contribution in [0.5, 0.6) is 0 Å². The summed E-state index contributed by atoms with van der Waals surface area (Å²) in [6, 6.07) is 14.4. The van der Waals surface area contributed by atoms with Gasteiger partial charge in [-0.1, -0.05) is 36.9 Å². The lowest BCUT2D eigenvalue weighted by molar-refractivity contribution is 0.609. The molecule has 0 fully saturated rings. The van der Waals surface area contributed by atoms with Crippen LogP contribution in [-0.2, 0) is 17.1 Å². The quantitative estimate of drug-likeness (QED) is 0.793. The number of benzene rings is 2. The van der Waals surface area contributed by atoms with Crippen LogP contribution in [-0.4, -0.2) is 13.0 Å². The lowest BCUT2D eigenvalue weighted by atomic mass is 10.0. The van der Waals surface area contributed by atoms with Crippen LogP contribution in [0.3, 0.4) is 0 Å². The van der Waals surface area contributed by atoms with Crippen molar-refractivity contribution in [1.29, 1.82) is 0 Å². The van der Waals surface area contributed by atoms with Crippen molar-refractivity contribution in [1.82, 2.24) is 4.57 Å². The molecular formula is C18H16N2O3S. The molecule has 1 heterocycles. The molecule has 0 aliphatic heterocycles. The molecule has 3 aromatic rings. The van der Waals surface area contributed by atoms with Crippen LogP contribution in [0.4, 0.5) is 5.69 Å². The van der Waals surface area contributed by atoms with E-state index in [1.165, 1.54) is 4.57 Å². The first-order chi connectivity index (χ1) is 11.4. The average molecular weight is 340 g/mol. The molecule has 0 spiro atoms. The fourth-order valence-electron chi connectivity index (χ4n) is 2.60. The minimum absolute atomic E-state index is 0.0714. The second-order valence-corrected chi connectivity index (χ2v) is 7.03. The molecule has 0 radical (unpaired) electrons. The van der Waals surface area contributed by atoms with E-state index in [1.807, 2.05) is 24.3 Å². The maximum atomic E-state index is 12.3. The van der Waals surface area contributed by atoms with Crippen LogP contribution in [0.25, 0.3) is 21.9 Å². The Bertz CT molecular complexity index is 1100. The molecule has 0 atom stereocenters. The van der Waals surface area contributed by atoms with Gasteiger partial charge in [0.2, 0.25) is 0 Å². The van der Waals surface area contributed by atoms with Crippen molar-refractivity contribution >= 4 is 26.5 Å². The molecule has 0 amide bonds. The summed E-state index contributed by atoms with van der Waals surface area (Å²) in [4.78, 5) is 12.3. The van der Waals surface area contributed by atoms with Crippen molar-refractivity contribution < 1.29 is 8.42 Å². The molecule has 0 saturated heterocycles. The van der Waals surface area contributed by atoms with Crippen molar-refractivity contribution in [2.45, 2.75) is 0 Å². The Morgan fingerprint density at radius 2 is 1.79 bits per heavy atom. The smallest absolute Gasteiger partial charge is 0.258 e. The highest BCUT2D eigenvalue weighted by Crippen LogP contribution is 2.28. The first kappa shape index (κ1) is 16.0. The normalized spacial score (nSPS) is 11.4. The third-order valence-corrected chi connectivity index (χ3v) is 4.70. The highest BCUT2D eigenvalue weighted by Gasteiger charge is 2.10. The molecule has 0 saturated carbocycles. The second-order valence-electron chi connectivity index (χ2n) is 5.40. The van der Waals surface area contributed by atoms with Gasteiger partial charge in [-0.2, -0.15) is 0 Å². The number of hydrogen-bond acceptors (Lipinski definition) is 3. The minimum atomic E-state index is -3.57. The number of aryl methyl sites for hydroxylation is 1. The molecule has 1 aromatic heterocycles. The predicted molar refractivity (Wildman–Crippen MR) is 97.4 cm³/mol. The molecule has 2 aromatic carbocycles. The van der Waals surface area contributed by atoms with Gasteiger partial charge in [0.1, 0.15) is 0 Å². The Kier molecular flexibility index (Phi) is 3.99. The van der Waals surface area contributed by atoms with Gasteiger partial charge < -0.3 is 4.57 Å². The standard InChI is InChI=1S/C18H16N2O3S/c1-3-24(22,23)19-14-8-6-7-13(11-14)17-12-20(2)18(21)16-10-5-4-9-15(16)17/h3-12,19H,1H2,2H3. The number of rotatable bonds is 4. The first-order valence-electron chi connectivity index (χ1n) is 7.25.